The van der Waals surface area contributed by atoms with Gasteiger partial charge in [0, 0.05) is 10.6 Å². The second-order valence-electron chi connectivity index (χ2n) is 7.28. The van der Waals surface area contributed by atoms with Gasteiger partial charge in [-0.15, -0.1) is 0 Å². The minimum atomic E-state index is -0.0653. The zero-order valence-corrected chi connectivity index (χ0v) is 13.4. The van der Waals surface area contributed by atoms with Gasteiger partial charge in [0.1, 0.15) is 0 Å². The van der Waals surface area contributed by atoms with Gasteiger partial charge in [0.15, 0.2) is 0 Å². The standard InChI is InChI=1S/C17H19Cl2NO/c18-13-1-2-15(19)14(6-13)16(21)20-17-7-10-3-11(8-17)5-12(4-10)9-17/h1-2,6,10-12H,3-5,7-9H2,(H,20,21). The average Bonchev–Trinajstić information content (AvgIpc) is 2.39. The van der Waals surface area contributed by atoms with Gasteiger partial charge in [-0.1, -0.05) is 23.2 Å². The molecule has 4 bridgehead atoms. The maximum absolute atomic E-state index is 12.6. The molecule has 0 aromatic heterocycles. The van der Waals surface area contributed by atoms with Crippen LogP contribution >= 0.6 is 23.2 Å². The van der Waals surface area contributed by atoms with E-state index in [4.69, 9.17) is 23.2 Å². The zero-order valence-electron chi connectivity index (χ0n) is 11.9. The first-order chi connectivity index (χ1) is 10.0. The van der Waals surface area contributed by atoms with Crippen LogP contribution in [0, 0.1) is 17.8 Å². The molecule has 1 amide bonds. The van der Waals surface area contributed by atoms with E-state index >= 15 is 0 Å². The van der Waals surface area contributed by atoms with Crippen molar-refractivity contribution in [1.29, 1.82) is 0 Å². The maximum atomic E-state index is 12.6. The highest BCUT2D eigenvalue weighted by molar-refractivity contribution is 6.35. The van der Waals surface area contributed by atoms with Gasteiger partial charge in [-0.3, -0.25) is 4.79 Å². The van der Waals surface area contributed by atoms with Crippen molar-refractivity contribution in [2.24, 2.45) is 17.8 Å². The first-order valence-electron chi connectivity index (χ1n) is 7.81. The van der Waals surface area contributed by atoms with Crippen molar-refractivity contribution in [1.82, 2.24) is 5.32 Å². The molecule has 4 heteroatoms. The molecular weight excluding hydrogens is 305 g/mol. The minimum Gasteiger partial charge on any atom is -0.347 e. The molecule has 2 nitrogen and oxygen atoms in total. The average molecular weight is 324 g/mol. The van der Waals surface area contributed by atoms with Crippen molar-refractivity contribution < 1.29 is 4.79 Å². The highest BCUT2D eigenvalue weighted by Crippen LogP contribution is 2.55. The summed E-state index contributed by atoms with van der Waals surface area (Å²) in [6.07, 6.45) is 7.53. The minimum absolute atomic E-state index is 0.0114. The SMILES string of the molecule is O=C(NC12CC3CC(CC(C3)C1)C2)c1cc(Cl)ccc1Cl. The predicted octanol–water partition coefficient (Wildman–Crippen LogP) is 4.69. The fourth-order valence-corrected chi connectivity index (χ4v) is 5.62. The van der Waals surface area contributed by atoms with E-state index in [0.29, 0.717) is 15.6 Å². The molecule has 0 heterocycles. The quantitative estimate of drug-likeness (QED) is 0.840. The zero-order chi connectivity index (χ0) is 14.6. The largest absolute Gasteiger partial charge is 0.347 e. The molecule has 1 aromatic rings. The van der Waals surface area contributed by atoms with Gasteiger partial charge in [-0.2, -0.15) is 0 Å². The summed E-state index contributed by atoms with van der Waals surface area (Å²) in [5.74, 6) is 2.37. The van der Waals surface area contributed by atoms with E-state index in [2.05, 4.69) is 5.32 Å². The Kier molecular flexibility index (Phi) is 3.24. The van der Waals surface area contributed by atoms with Crippen LogP contribution in [0.25, 0.3) is 0 Å². The Morgan fingerprint density at radius 2 is 1.62 bits per heavy atom. The monoisotopic (exact) mass is 323 g/mol. The Hall–Kier alpha value is -0.730. The van der Waals surface area contributed by atoms with E-state index in [1.165, 1.54) is 19.3 Å². The Balaban J connectivity index is 1.58. The van der Waals surface area contributed by atoms with Crippen LogP contribution in [0.5, 0.6) is 0 Å². The van der Waals surface area contributed by atoms with Crippen LogP contribution in [0.4, 0.5) is 0 Å². The molecular formula is C17H19Cl2NO. The van der Waals surface area contributed by atoms with Crippen molar-refractivity contribution >= 4 is 29.1 Å². The molecule has 4 aliphatic carbocycles. The molecule has 1 N–H and O–H groups in total. The third-order valence-corrected chi connectivity index (χ3v) is 6.15. The number of hydrogen-bond donors (Lipinski definition) is 1. The molecule has 4 saturated carbocycles. The Morgan fingerprint density at radius 3 is 2.19 bits per heavy atom. The van der Waals surface area contributed by atoms with E-state index in [0.717, 1.165) is 37.0 Å². The molecule has 112 valence electrons. The maximum Gasteiger partial charge on any atom is 0.253 e. The molecule has 21 heavy (non-hydrogen) atoms. The number of carbonyl (C=O) groups excluding carboxylic acids is 1. The van der Waals surface area contributed by atoms with Crippen LogP contribution in [0.2, 0.25) is 10.0 Å². The third kappa shape index (κ3) is 2.47. The first-order valence-corrected chi connectivity index (χ1v) is 8.56. The number of hydrogen-bond acceptors (Lipinski definition) is 1. The van der Waals surface area contributed by atoms with Gasteiger partial charge in [0.2, 0.25) is 0 Å². The summed E-state index contributed by atoms with van der Waals surface area (Å²) in [5, 5.41) is 4.35. The fourth-order valence-electron chi connectivity index (χ4n) is 5.24. The fraction of sp³-hybridized carbons (Fsp3) is 0.588. The number of rotatable bonds is 2. The molecule has 4 fully saturated rings. The summed E-state index contributed by atoms with van der Waals surface area (Å²) < 4.78 is 0. The van der Waals surface area contributed by atoms with E-state index in [-0.39, 0.29) is 11.4 Å². The number of nitrogens with one attached hydrogen (secondary N) is 1. The van der Waals surface area contributed by atoms with Crippen LogP contribution in [0.1, 0.15) is 48.9 Å². The van der Waals surface area contributed by atoms with Gasteiger partial charge in [-0.25, -0.2) is 0 Å². The van der Waals surface area contributed by atoms with E-state index < -0.39 is 0 Å². The molecule has 0 unspecified atom stereocenters. The van der Waals surface area contributed by atoms with Crippen LogP contribution in [-0.4, -0.2) is 11.4 Å². The van der Waals surface area contributed by atoms with Gasteiger partial charge >= 0.3 is 0 Å². The first kappa shape index (κ1) is 13.9. The molecule has 0 radical (unpaired) electrons. The van der Waals surface area contributed by atoms with Gasteiger partial charge < -0.3 is 5.32 Å². The lowest BCUT2D eigenvalue weighted by atomic mass is 9.53. The predicted molar refractivity (Wildman–Crippen MR) is 84.8 cm³/mol. The summed E-state index contributed by atoms with van der Waals surface area (Å²) in [6.45, 7) is 0. The molecule has 0 atom stereocenters. The van der Waals surface area contributed by atoms with Crippen molar-refractivity contribution in [3.05, 3.63) is 33.8 Å². The second kappa shape index (κ2) is 4.89. The molecule has 1 aromatic carbocycles. The molecule has 0 aliphatic heterocycles. The Labute approximate surface area is 135 Å². The third-order valence-electron chi connectivity index (χ3n) is 5.59. The molecule has 0 saturated heterocycles. The second-order valence-corrected chi connectivity index (χ2v) is 8.12. The lowest BCUT2D eigenvalue weighted by molar-refractivity contribution is -0.0166. The van der Waals surface area contributed by atoms with Crippen LogP contribution in [0.15, 0.2) is 18.2 Å². The van der Waals surface area contributed by atoms with E-state index in [9.17, 15) is 4.79 Å². The van der Waals surface area contributed by atoms with Gasteiger partial charge in [0.05, 0.1) is 10.6 Å². The number of carbonyl (C=O) groups is 1. The van der Waals surface area contributed by atoms with Crippen molar-refractivity contribution in [3.8, 4) is 0 Å². The molecule has 0 spiro atoms. The van der Waals surface area contributed by atoms with E-state index in [1.54, 1.807) is 18.2 Å². The topological polar surface area (TPSA) is 29.1 Å². The summed E-state index contributed by atoms with van der Waals surface area (Å²) in [6, 6.07) is 5.07. The Bertz CT molecular complexity index is 563. The van der Waals surface area contributed by atoms with Gasteiger partial charge in [0.25, 0.3) is 5.91 Å². The van der Waals surface area contributed by atoms with E-state index in [1.807, 2.05) is 0 Å². The van der Waals surface area contributed by atoms with Crippen molar-refractivity contribution in [2.75, 3.05) is 0 Å². The number of benzene rings is 1. The van der Waals surface area contributed by atoms with Crippen molar-refractivity contribution in [3.63, 3.8) is 0 Å². The summed E-state index contributed by atoms with van der Waals surface area (Å²) in [4.78, 5) is 12.6. The van der Waals surface area contributed by atoms with Crippen LogP contribution < -0.4 is 5.32 Å². The van der Waals surface area contributed by atoms with Gasteiger partial charge in [-0.05, 0) is 74.5 Å². The normalized spacial score (nSPS) is 36.8. The Morgan fingerprint density at radius 1 is 1.05 bits per heavy atom. The lowest BCUT2D eigenvalue weighted by Gasteiger charge is -2.56. The van der Waals surface area contributed by atoms with Crippen molar-refractivity contribution in [2.45, 2.75) is 44.1 Å². The lowest BCUT2D eigenvalue weighted by Crippen LogP contribution is -2.59. The molecule has 4 aliphatic rings. The smallest absolute Gasteiger partial charge is 0.253 e. The summed E-state index contributed by atoms with van der Waals surface area (Å²) in [5.41, 5.74) is 0.511. The summed E-state index contributed by atoms with van der Waals surface area (Å²) >= 11 is 12.2. The molecule has 5 rings (SSSR count). The number of halogens is 2. The van der Waals surface area contributed by atoms with Crippen LogP contribution in [0.3, 0.4) is 0 Å². The number of amides is 1. The highest BCUT2D eigenvalue weighted by atomic mass is 35.5. The highest BCUT2D eigenvalue weighted by Gasteiger charge is 2.51. The van der Waals surface area contributed by atoms with Crippen LogP contribution in [-0.2, 0) is 0 Å². The summed E-state index contributed by atoms with van der Waals surface area (Å²) in [7, 11) is 0.